The zero-order valence-electron chi connectivity index (χ0n) is 11.7. The molecule has 2 heterocycles. The molecule has 1 aliphatic rings. The van der Waals surface area contributed by atoms with E-state index >= 15 is 0 Å². The Morgan fingerprint density at radius 3 is 2.81 bits per heavy atom. The Hall–Kier alpha value is -2.28. The summed E-state index contributed by atoms with van der Waals surface area (Å²) >= 11 is 0. The fourth-order valence-corrected chi connectivity index (χ4v) is 2.60. The van der Waals surface area contributed by atoms with Crippen LogP contribution < -0.4 is 5.32 Å². The van der Waals surface area contributed by atoms with Crippen molar-refractivity contribution in [1.82, 2.24) is 25.7 Å². The summed E-state index contributed by atoms with van der Waals surface area (Å²) in [5.41, 5.74) is 1.64. The molecule has 0 aliphatic heterocycles. The predicted octanol–water partition coefficient (Wildman–Crippen LogP) is 0.750. The quantitative estimate of drug-likeness (QED) is 0.770. The third-order valence-electron chi connectivity index (χ3n) is 3.85. The Kier molecular flexibility index (Phi) is 3.66. The lowest BCUT2D eigenvalue weighted by atomic mass is 9.76. The van der Waals surface area contributed by atoms with Gasteiger partial charge in [-0.1, -0.05) is 6.07 Å². The first kappa shape index (κ1) is 13.7. The number of hydrogen-bond acceptors (Lipinski definition) is 5. The average Bonchev–Trinajstić information content (AvgIpc) is 2.89. The van der Waals surface area contributed by atoms with Gasteiger partial charge in [0.1, 0.15) is 0 Å². The highest BCUT2D eigenvalue weighted by Crippen LogP contribution is 2.37. The molecule has 2 aromatic rings. The molecule has 1 saturated carbocycles. The van der Waals surface area contributed by atoms with Crippen LogP contribution >= 0.6 is 0 Å². The number of pyridine rings is 1. The Balaban J connectivity index is 1.80. The molecule has 0 bridgehead atoms. The van der Waals surface area contributed by atoms with Gasteiger partial charge in [-0.3, -0.25) is 9.78 Å². The maximum absolute atomic E-state index is 12.3. The lowest BCUT2D eigenvalue weighted by molar-refractivity contribution is 0.0227. The average molecular weight is 287 g/mol. The minimum absolute atomic E-state index is 0.186. The summed E-state index contributed by atoms with van der Waals surface area (Å²) in [6.07, 6.45) is 2.75. The van der Waals surface area contributed by atoms with Crippen LogP contribution in [-0.2, 0) is 0 Å². The molecule has 2 aromatic heterocycles. The molecule has 0 radical (unpaired) electrons. The Morgan fingerprint density at radius 1 is 1.43 bits per heavy atom. The third kappa shape index (κ3) is 2.78. The molecule has 3 rings (SSSR count). The molecule has 0 aromatic carbocycles. The summed E-state index contributed by atoms with van der Waals surface area (Å²) in [6, 6.07) is 5.38. The van der Waals surface area contributed by atoms with Crippen molar-refractivity contribution in [2.24, 2.45) is 5.92 Å². The SMILES string of the molecule is Cc1n[nH]nc1C(=O)N[C@@H](c1ccccn1)C1CC(O)C1. The maximum atomic E-state index is 12.3. The maximum Gasteiger partial charge on any atom is 0.274 e. The highest BCUT2D eigenvalue weighted by Gasteiger charge is 2.36. The van der Waals surface area contributed by atoms with Crippen LogP contribution in [0.1, 0.15) is 40.8 Å². The van der Waals surface area contributed by atoms with Crippen LogP contribution in [0, 0.1) is 12.8 Å². The van der Waals surface area contributed by atoms with E-state index in [1.54, 1.807) is 13.1 Å². The Morgan fingerprint density at radius 2 is 2.24 bits per heavy atom. The monoisotopic (exact) mass is 287 g/mol. The predicted molar refractivity (Wildman–Crippen MR) is 74.3 cm³/mol. The van der Waals surface area contributed by atoms with Gasteiger partial charge in [-0.15, -0.1) is 0 Å². The van der Waals surface area contributed by atoms with Crippen molar-refractivity contribution < 1.29 is 9.90 Å². The molecule has 1 fully saturated rings. The van der Waals surface area contributed by atoms with Crippen molar-refractivity contribution in [2.45, 2.75) is 31.9 Å². The number of carbonyl (C=O) groups excluding carboxylic acids is 1. The number of aryl methyl sites for hydroxylation is 1. The second-order valence-electron chi connectivity index (χ2n) is 5.35. The van der Waals surface area contributed by atoms with E-state index in [-0.39, 0.29) is 29.7 Å². The van der Waals surface area contributed by atoms with E-state index in [2.05, 4.69) is 25.7 Å². The molecule has 0 saturated heterocycles. The van der Waals surface area contributed by atoms with Gasteiger partial charge in [0.25, 0.3) is 5.91 Å². The third-order valence-corrected chi connectivity index (χ3v) is 3.85. The number of nitrogens with zero attached hydrogens (tertiary/aromatic N) is 3. The number of aromatic nitrogens is 4. The van der Waals surface area contributed by atoms with Crippen LogP contribution in [0.5, 0.6) is 0 Å². The number of H-pyrrole nitrogens is 1. The molecule has 1 amide bonds. The van der Waals surface area contributed by atoms with Gasteiger partial charge < -0.3 is 10.4 Å². The van der Waals surface area contributed by atoms with E-state index in [1.807, 2.05) is 18.2 Å². The summed E-state index contributed by atoms with van der Waals surface area (Å²) in [5, 5.41) is 22.6. The number of aliphatic hydroxyl groups is 1. The number of aliphatic hydroxyl groups excluding tert-OH is 1. The van der Waals surface area contributed by atoms with Gasteiger partial charge in [-0.25, -0.2) is 0 Å². The van der Waals surface area contributed by atoms with E-state index in [4.69, 9.17) is 0 Å². The molecular weight excluding hydrogens is 270 g/mol. The normalized spacial score (nSPS) is 22.4. The second kappa shape index (κ2) is 5.61. The highest BCUT2D eigenvalue weighted by molar-refractivity contribution is 5.93. The molecule has 110 valence electrons. The molecule has 1 aliphatic carbocycles. The molecule has 1 atom stereocenters. The number of amides is 1. The highest BCUT2D eigenvalue weighted by atomic mass is 16.3. The summed E-state index contributed by atoms with van der Waals surface area (Å²) in [7, 11) is 0. The van der Waals surface area contributed by atoms with Gasteiger partial charge in [0, 0.05) is 6.20 Å². The van der Waals surface area contributed by atoms with Gasteiger partial charge in [0.2, 0.25) is 0 Å². The van der Waals surface area contributed by atoms with Gasteiger partial charge in [0.15, 0.2) is 5.69 Å². The fraction of sp³-hybridized carbons (Fsp3) is 0.429. The molecule has 0 spiro atoms. The summed E-state index contributed by atoms with van der Waals surface area (Å²) < 4.78 is 0. The molecular formula is C14H17N5O2. The number of rotatable bonds is 4. The van der Waals surface area contributed by atoms with E-state index in [0.717, 1.165) is 5.69 Å². The number of aromatic amines is 1. The minimum atomic E-state index is -0.285. The lowest BCUT2D eigenvalue weighted by Gasteiger charge is -2.37. The van der Waals surface area contributed by atoms with Gasteiger partial charge in [-0.05, 0) is 37.8 Å². The Labute approximate surface area is 121 Å². The van der Waals surface area contributed by atoms with E-state index in [9.17, 15) is 9.90 Å². The van der Waals surface area contributed by atoms with Crippen LogP contribution in [0.4, 0.5) is 0 Å². The fourth-order valence-electron chi connectivity index (χ4n) is 2.60. The first-order chi connectivity index (χ1) is 10.1. The zero-order chi connectivity index (χ0) is 14.8. The topological polar surface area (TPSA) is 104 Å². The van der Waals surface area contributed by atoms with Crippen molar-refractivity contribution in [1.29, 1.82) is 0 Å². The van der Waals surface area contributed by atoms with Crippen LogP contribution in [-0.4, -0.2) is 37.5 Å². The van der Waals surface area contributed by atoms with Gasteiger partial charge in [0.05, 0.1) is 23.5 Å². The lowest BCUT2D eigenvalue weighted by Crippen LogP contribution is -2.42. The first-order valence-corrected chi connectivity index (χ1v) is 6.92. The molecule has 0 unspecified atom stereocenters. The van der Waals surface area contributed by atoms with Crippen LogP contribution in [0.3, 0.4) is 0 Å². The largest absolute Gasteiger partial charge is 0.393 e. The van der Waals surface area contributed by atoms with Crippen LogP contribution in [0.25, 0.3) is 0 Å². The second-order valence-corrected chi connectivity index (χ2v) is 5.35. The van der Waals surface area contributed by atoms with Crippen LogP contribution in [0.15, 0.2) is 24.4 Å². The number of nitrogens with one attached hydrogen (secondary N) is 2. The molecule has 7 nitrogen and oxygen atoms in total. The summed E-state index contributed by atoms with van der Waals surface area (Å²) in [6.45, 7) is 1.72. The van der Waals surface area contributed by atoms with E-state index < -0.39 is 0 Å². The van der Waals surface area contributed by atoms with E-state index in [0.29, 0.717) is 18.5 Å². The molecule has 3 N–H and O–H groups in total. The Bertz CT molecular complexity index is 621. The number of hydrogen-bond donors (Lipinski definition) is 3. The standard InChI is InChI=1S/C14H17N5O2/c1-8-12(18-19-17-8)14(21)16-13(9-6-10(20)7-9)11-4-2-3-5-15-11/h2-5,9-10,13,20H,6-7H2,1H3,(H,16,21)(H,17,18,19)/t9?,10?,13-/m1/s1. The van der Waals surface area contributed by atoms with Crippen molar-refractivity contribution in [2.75, 3.05) is 0 Å². The van der Waals surface area contributed by atoms with Crippen molar-refractivity contribution in [3.8, 4) is 0 Å². The number of carbonyl (C=O) groups is 1. The van der Waals surface area contributed by atoms with Crippen molar-refractivity contribution in [3.05, 3.63) is 41.5 Å². The molecule has 21 heavy (non-hydrogen) atoms. The summed E-state index contributed by atoms with van der Waals surface area (Å²) in [5.74, 6) is -0.0932. The smallest absolute Gasteiger partial charge is 0.274 e. The first-order valence-electron chi connectivity index (χ1n) is 6.92. The van der Waals surface area contributed by atoms with Gasteiger partial charge in [-0.2, -0.15) is 15.4 Å². The van der Waals surface area contributed by atoms with E-state index in [1.165, 1.54) is 0 Å². The van der Waals surface area contributed by atoms with Gasteiger partial charge >= 0.3 is 0 Å². The van der Waals surface area contributed by atoms with Crippen molar-refractivity contribution in [3.63, 3.8) is 0 Å². The zero-order valence-corrected chi connectivity index (χ0v) is 11.7. The van der Waals surface area contributed by atoms with Crippen LogP contribution in [0.2, 0.25) is 0 Å². The minimum Gasteiger partial charge on any atom is -0.393 e. The summed E-state index contributed by atoms with van der Waals surface area (Å²) in [4.78, 5) is 16.6. The van der Waals surface area contributed by atoms with Crippen molar-refractivity contribution >= 4 is 5.91 Å². The molecule has 7 heteroatoms.